The second kappa shape index (κ2) is 8.06. The summed E-state index contributed by atoms with van der Waals surface area (Å²) < 4.78 is 49.3. The SMILES string of the molecule is OCC1OC(Oc2ccc(-c3cccc(C(F)(F)F)c3)cc2)C(O)C(O)C1O. The third-order valence-electron chi connectivity index (χ3n) is 4.48. The van der Waals surface area contributed by atoms with Gasteiger partial charge in [-0.05, 0) is 35.4 Å². The van der Waals surface area contributed by atoms with Crippen molar-refractivity contribution in [2.75, 3.05) is 6.61 Å². The summed E-state index contributed by atoms with van der Waals surface area (Å²) in [5.74, 6) is 0.222. The molecule has 3 rings (SSSR count). The van der Waals surface area contributed by atoms with Crippen molar-refractivity contribution in [1.82, 2.24) is 0 Å². The molecule has 28 heavy (non-hydrogen) atoms. The van der Waals surface area contributed by atoms with Crippen molar-refractivity contribution >= 4 is 0 Å². The minimum absolute atomic E-state index is 0.222. The highest BCUT2D eigenvalue weighted by Crippen LogP contribution is 2.33. The Hall–Kier alpha value is -2.17. The first kappa shape index (κ1) is 20.6. The summed E-state index contributed by atoms with van der Waals surface area (Å²) in [4.78, 5) is 0. The number of hydrogen-bond acceptors (Lipinski definition) is 6. The van der Waals surface area contributed by atoms with E-state index in [2.05, 4.69) is 0 Å². The lowest BCUT2D eigenvalue weighted by Gasteiger charge is -2.39. The number of ether oxygens (including phenoxy) is 2. The molecule has 0 spiro atoms. The third-order valence-corrected chi connectivity index (χ3v) is 4.48. The summed E-state index contributed by atoms with van der Waals surface area (Å²) >= 11 is 0. The summed E-state index contributed by atoms with van der Waals surface area (Å²) in [6.45, 7) is -0.584. The van der Waals surface area contributed by atoms with Crippen LogP contribution in [0.1, 0.15) is 5.56 Å². The molecular weight excluding hydrogens is 381 g/mol. The fourth-order valence-corrected chi connectivity index (χ4v) is 2.90. The van der Waals surface area contributed by atoms with Crippen LogP contribution < -0.4 is 4.74 Å². The molecule has 152 valence electrons. The molecule has 1 aliphatic rings. The van der Waals surface area contributed by atoms with E-state index in [1.807, 2.05) is 0 Å². The van der Waals surface area contributed by atoms with Crippen LogP contribution in [-0.2, 0) is 10.9 Å². The first-order chi connectivity index (χ1) is 13.2. The normalized spacial score (nSPS) is 28.2. The Kier molecular flexibility index (Phi) is 5.92. The molecule has 0 amide bonds. The Morgan fingerprint density at radius 2 is 1.57 bits per heavy atom. The van der Waals surface area contributed by atoms with Crippen LogP contribution in [0, 0.1) is 0 Å². The molecule has 2 aromatic rings. The summed E-state index contributed by atoms with van der Waals surface area (Å²) in [5, 5.41) is 38.7. The molecule has 4 N–H and O–H groups in total. The van der Waals surface area contributed by atoms with Crippen LogP contribution >= 0.6 is 0 Å². The maximum Gasteiger partial charge on any atom is 0.416 e. The molecule has 0 aromatic heterocycles. The Labute approximate surface area is 158 Å². The van der Waals surface area contributed by atoms with Crippen molar-refractivity contribution in [2.24, 2.45) is 0 Å². The van der Waals surface area contributed by atoms with Gasteiger partial charge in [0.05, 0.1) is 12.2 Å². The Balaban J connectivity index is 1.75. The summed E-state index contributed by atoms with van der Waals surface area (Å²) in [6, 6.07) is 10.9. The van der Waals surface area contributed by atoms with Gasteiger partial charge in [0.1, 0.15) is 30.2 Å². The van der Waals surface area contributed by atoms with Gasteiger partial charge in [0.2, 0.25) is 6.29 Å². The Morgan fingerprint density at radius 3 is 2.18 bits per heavy atom. The lowest BCUT2D eigenvalue weighted by Crippen LogP contribution is -2.60. The van der Waals surface area contributed by atoms with E-state index in [-0.39, 0.29) is 5.75 Å². The second-order valence-corrected chi connectivity index (χ2v) is 6.42. The smallest absolute Gasteiger partial charge is 0.416 e. The molecular formula is C19H19F3O6. The van der Waals surface area contributed by atoms with Crippen LogP contribution in [-0.4, -0.2) is 57.7 Å². The van der Waals surface area contributed by atoms with Gasteiger partial charge in [0.25, 0.3) is 0 Å². The third kappa shape index (κ3) is 4.29. The zero-order valence-corrected chi connectivity index (χ0v) is 14.5. The van der Waals surface area contributed by atoms with E-state index in [9.17, 15) is 33.6 Å². The molecule has 1 heterocycles. The maximum atomic E-state index is 12.9. The first-order valence-corrected chi connectivity index (χ1v) is 8.45. The topological polar surface area (TPSA) is 99.4 Å². The van der Waals surface area contributed by atoms with Crippen LogP contribution in [0.3, 0.4) is 0 Å². The predicted molar refractivity (Wildman–Crippen MR) is 91.3 cm³/mol. The van der Waals surface area contributed by atoms with Crippen LogP contribution in [0.25, 0.3) is 11.1 Å². The van der Waals surface area contributed by atoms with E-state index >= 15 is 0 Å². The van der Waals surface area contributed by atoms with Gasteiger partial charge in [0, 0.05) is 0 Å². The highest BCUT2D eigenvalue weighted by molar-refractivity contribution is 5.65. The van der Waals surface area contributed by atoms with E-state index in [0.717, 1.165) is 12.1 Å². The van der Waals surface area contributed by atoms with Gasteiger partial charge in [-0.3, -0.25) is 0 Å². The highest BCUT2D eigenvalue weighted by atomic mass is 19.4. The molecule has 1 aliphatic heterocycles. The fourth-order valence-electron chi connectivity index (χ4n) is 2.90. The molecule has 6 nitrogen and oxygen atoms in total. The molecule has 2 aromatic carbocycles. The Morgan fingerprint density at radius 1 is 0.893 bits per heavy atom. The standard InChI is InChI=1S/C19H19F3O6/c20-19(21,22)12-3-1-2-11(8-12)10-4-6-13(7-5-10)27-18-17(26)16(25)15(24)14(9-23)28-18/h1-8,14-18,23-26H,9H2. The largest absolute Gasteiger partial charge is 0.462 e. The van der Waals surface area contributed by atoms with E-state index in [0.29, 0.717) is 11.1 Å². The van der Waals surface area contributed by atoms with Gasteiger partial charge >= 0.3 is 6.18 Å². The highest BCUT2D eigenvalue weighted by Gasteiger charge is 2.44. The zero-order valence-electron chi connectivity index (χ0n) is 14.5. The van der Waals surface area contributed by atoms with Crippen LogP contribution in [0.2, 0.25) is 0 Å². The van der Waals surface area contributed by atoms with Crippen molar-refractivity contribution in [2.45, 2.75) is 36.9 Å². The number of rotatable bonds is 4. The van der Waals surface area contributed by atoms with Crippen LogP contribution in [0.5, 0.6) is 5.75 Å². The summed E-state index contributed by atoms with van der Waals surface area (Å²) in [5.41, 5.74) is 0.133. The number of hydrogen-bond donors (Lipinski definition) is 4. The van der Waals surface area contributed by atoms with Crippen molar-refractivity contribution < 1.29 is 43.1 Å². The van der Waals surface area contributed by atoms with Gasteiger partial charge in [-0.1, -0.05) is 24.3 Å². The van der Waals surface area contributed by atoms with Gasteiger partial charge in [-0.2, -0.15) is 13.2 Å². The number of aliphatic hydroxyl groups excluding tert-OH is 4. The van der Waals surface area contributed by atoms with E-state index in [1.165, 1.54) is 30.3 Å². The number of aliphatic hydroxyl groups is 4. The second-order valence-electron chi connectivity index (χ2n) is 6.42. The number of benzene rings is 2. The number of alkyl halides is 3. The van der Waals surface area contributed by atoms with Crippen LogP contribution in [0.15, 0.2) is 48.5 Å². The first-order valence-electron chi connectivity index (χ1n) is 8.45. The van der Waals surface area contributed by atoms with Crippen molar-refractivity contribution in [3.8, 4) is 16.9 Å². The summed E-state index contributed by atoms with van der Waals surface area (Å²) in [7, 11) is 0. The minimum Gasteiger partial charge on any atom is -0.462 e. The molecule has 5 unspecified atom stereocenters. The molecule has 9 heteroatoms. The van der Waals surface area contributed by atoms with Gasteiger partial charge < -0.3 is 29.9 Å². The average Bonchev–Trinajstić information content (AvgIpc) is 2.68. The Bertz CT molecular complexity index is 793. The molecule has 0 aliphatic carbocycles. The van der Waals surface area contributed by atoms with Crippen molar-refractivity contribution in [3.05, 3.63) is 54.1 Å². The predicted octanol–water partition coefficient (Wildman–Crippen LogP) is 1.55. The lowest BCUT2D eigenvalue weighted by molar-refractivity contribution is -0.277. The van der Waals surface area contributed by atoms with Gasteiger partial charge in [0.15, 0.2) is 0 Å². The maximum absolute atomic E-state index is 12.9. The van der Waals surface area contributed by atoms with Gasteiger partial charge in [-0.15, -0.1) is 0 Å². The minimum atomic E-state index is -4.44. The van der Waals surface area contributed by atoms with Crippen molar-refractivity contribution in [3.63, 3.8) is 0 Å². The quantitative estimate of drug-likeness (QED) is 0.622. The summed E-state index contributed by atoms with van der Waals surface area (Å²) in [6.07, 6.45) is -11.5. The molecule has 0 radical (unpaired) electrons. The lowest BCUT2D eigenvalue weighted by atomic mass is 9.99. The van der Waals surface area contributed by atoms with E-state index in [4.69, 9.17) is 9.47 Å². The van der Waals surface area contributed by atoms with Gasteiger partial charge in [-0.25, -0.2) is 0 Å². The molecule has 0 bridgehead atoms. The van der Waals surface area contributed by atoms with Crippen molar-refractivity contribution in [1.29, 1.82) is 0 Å². The monoisotopic (exact) mass is 400 g/mol. The molecule has 5 atom stereocenters. The van der Waals surface area contributed by atoms with E-state index in [1.54, 1.807) is 6.07 Å². The molecule has 0 saturated carbocycles. The van der Waals surface area contributed by atoms with Crippen LogP contribution in [0.4, 0.5) is 13.2 Å². The molecule has 1 saturated heterocycles. The number of halogens is 3. The fraction of sp³-hybridized carbons (Fsp3) is 0.368. The zero-order chi connectivity index (χ0) is 20.5. The molecule has 1 fully saturated rings. The average molecular weight is 400 g/mol. The van der Waals surface area contributed by atoms with E-state index < -0.39 is 49.1 Å².